The molecular formula is C20H21Br2ClN4O. The van der Waals surface area contributed by atoms with Crippen LogP contribution in [0.25, 0.3) is 0 Å². The van der Waals surface area contributed by atoms with Crippen molar-refractivity contribution in [2.75, 3.05) is 0 Å². The van der Waals surface area contributed by atoms with Gasteiger partial charge in [0.05, 0.1) is 11.3 Å². The molecule has 2 heterocycles. The molecule has 0 aliphatic carbocycles. The number of nitriles is 2. The molecule has 0 amide bonds. The molecule has 0 atom stereocenters. The number of hydrogen-bond donors (Lipinski definition) is 1. The van der Waals surface area contributed by atoms with E-state index in [1.54, 1.807) is 12.1 Å². The second-order valence-electron chi connectivity index (χ2n) is 8.12. The van der Waals surface area contributed by atoms with Gasteiger partial charge >= 0.3 is 0 Å². The van der Waals surface area contributed by atoms with Crippen LogP contribution in [-0.4, -0.2) is 9.97 Å². The van der Waals surface area contributed by atoms with Crippen LogP contribution in [0.1, 0.15) is 64.1 Å². The van der Waals surface area contributed by atoms with Gasteiger partial charge in [-0.3, -0.25) is 4.79 Å². The minimum absolute atomic E-state index is 0.0868. The third-order valence-electron chi connectivity index (χ3n) is 3.62. The van der Waals surface area contributed by atoms with Gasteiger partial charge in [0.1, 0.15) is 22.9 Å². The highest BCUT2D eigenvalue weighted by molar-refractivity contribution is 9.10. The fraction of sp³-hybridized carbons (Fsp3) is 0.400. The lowest BCUT2D eigenvalue weighted by atomic mass is 9.91. The van der Waals surface area contributed by atoms with Crippen LogP contribution in [0.2, 0.25) is 5.15 Å². The minimum atomic E-state index is -0.333. The summed E-state index contributed by atoms with van der Waals surface area (Å²) in [5.74, 6) is 0. The van der Waals surface area contributed by atoms with Crippen molar-refractivity contribution in [2.45, 2.75) is 52.4 Å². The maximum atomic E-state index is 11.4. The number of hydrogen-bond acceptors (Lipinski definition) is 4. The van der Waals surface area contributed by atoms with Crippen molar-refractivity contribution in [2.24, 2.45) is 0 Å². The Bertz CT molecular complexity index is 1020. The van der Waals surface area contributed by atoms with Crippen molar-refractivity contribution in [3.63, 3.8) is 0 Å². The van der Waals surface area contributed by atoms with E-state index in [9.17, 15) is 4.79 Å². The molecule has 0 fully saturated rings. The number of nitrogens with zero attached hydrogens (tertiary/aromatic N) is 3. The molecule has 0 aliphatic rings. The van der Waals surface area contributed by atoms with Crippen molar-refractivity contribution >= 4 is 43.5 Å². The van der Waals surface area contributed by atoms with E-state index in [0.29, 0.717) is 5.56 Å². The summed E-state index contributed by atoms with van der Waals surface area (Å²) in [5.41, 5.74) is 1.63. The molecule has 8 heteroatoms. The number of nitrogens with one attached hydrogen (secondary N) is 1. The zero-order valence-electron chi connectivity index (χ0n) is 16.5. The van der Waals surface area contributed by atoms with Crippen LogP contribution in [0.5, 0.6) is 0 Å². The molecule has 0 spiro atoms. The van der Waals surface area contributed by atoms with Crippen LogP contribution >= 0.6 is 43.5 Å². The van der Waals surface area contributed by atoms with Crippen LogP contribution in [0.4, 0.5) is 0 Å². The van der Waals surface area contributed by atoms with Crippen LogP contribution in [-0.2, 0) is 10.8 Å². The SMILES string of the molecule is CC(C)(C)c1[nH]c(=O)c(C#N)cc1Br.CC(C)(C)c1nc(Cl)c(C#N)cc1Br. The first kappa shape index (κ1) is 24.4. The van der Waals surface area contributed by atoms with Gasteiger partial charge in [-0.1, -0.05) is 53.1 Å². The predicted octanol–water partition coefficient (Wildman–Crippen LogP) is 5.97. The van der Waals surface area contributed by atoms with E-state index < -0.39 is 0 Å². The zero-order chi connectivity index (χ0) is 21.9. The molecule has 0 unspecified atom stereocenters. The predicted molar refractivity (Wildman–Crippen MR) is 119 cm³/mol. The molecule has 2 aromatic rings. The molecule has 0 aliphatic heterocycles. The molecule has 2 rings (SSSR count). The van der Waals surface area contributed by atoms with Crippen LogP contribution in [0.15, 0.2) is 25.9 Å². The summed E-state index contributed by atoms with van der Waals surface area (Å²) >= 11 is 12.6. The normalized spacial score (nSPS) is 11.1. The van der Waals surface area contributed by atoms with Gasteiger partial charge in [0.25, 0.3) is 5.56 Å². The molecule has 0 saturated carbocycles. The van der Waals surface area contributed by atoms with E-state index in [2.05, 4.69) is 41.8 Å². The number of H-pyrrole nitrogens is 1. The standard InChI is InChI=1S/C10H10BrClN2.C10H11BrN2O/c1-10(2,3)8-7(11)4-6(5-13)9(12)14-8;1-10(2,3)8-7(11)4-6(5-12)9(14)13-8/h4H,1-3H3;4H,1-3H3,(H,13,14). The van der Waals surface area contributed by atoms with Crippen molar-refractivity contribution in [1.82, 2.24) is 9.97 Å². The van der Waals surface area contributed by atoms with E-state index in [0.717, 1.165) is 20.3 Å². The lowest BCUT2D eigenvalue weighted by Crippen LogP contribution is -2.21. The molecule has 0 saturated heterocycles. The summed E-state index contributed by atoms with van der Waals surface area (Å²) in [6.07, 6.45) is 0. The fourth-order valence-corrected chi connectivity index (χ4v) is 4.22. The molecule has 2 aromatic heterocycles. The average molecular weight is 529 g/mol. The Morgan fingerprint density at radius 3 is 1.89 bits per heavy atom. The maximum Gasteiger partial charge on any atom is 0.266 e. The van der Waals surface area contributed by atoms with Gasteiger partial charge in [-0.05, 0) is 44.0 Å². The molecular weight excluding hydrogens is 508 g/mol. The van der Waals surface area contributed by atoms with E-state index in [1.807, 2.05) is 53.7 Å². The maximum absolute atomic E-state index is 11.4. The molecule has 5 nitrogen and oxygen atoms in total. The Balaban J connectivity index is 0.000000280. The Morgan fingerprint density at radius 1 is 0.964 bits per heavy atom. The highest BCUT2D eigenvalue weighted by atomic mass is 79.9. The monoisotopic (exact) mass is 526 g/mol. The Kier molecular flexibility index (Phi) is 8.02. The second-order valence-corrected chi connectivity index (χ2v) is 10.2. The first-order valence-electron chi connectivity index (χ1n) is 8.32. The summed E-state index contributed by atoms with van der Waals surface area (Å²) in [6.45, 7) is 12.1. The van der Waals surface area contributed by atoms with Crippen LogP contribution in [0.3, 0.4) is 0 Å². The Morgan fingerprint density at radius 2 is 1.46 bits per heavy atom. The van der Waals surface area contributed by atoms with Gasteiger partial charge in [0.15, 0.2) is 0 Å². The molecule has 148 valence electrons. The van der Waals surface area contributed by atoms with Crippen LogP contribution < -0.4 is 5.56 Å². The van der Waals surface area contributed by atoms with Crippen LogP contribution in [0, 0.1) is 22.7 Å². The van der Waals surface area contributed by atoms with Gasteiger partial charge in [-0.25, -0.2) is 4.98 Å². The highest BCUT2D eigenvalue weighted by Gasteiger charge is 2.21. The van der Waals surface area contributed by atoms with E-state index in [1.165, 1.54) is 0 Å². The summed E-state index contributed by atoms with van der Waals surface area (Å²) in [7, 11) is 0. The van der Waals surface area contributed by atoms with E-state index in [4.69, 9.17) is 22.1 Å². The number of pyridine rings is 2. The summed E-state index contributed by atoms with van der Waals surface area (Å²) < 4.78 is 1.59. The van der Waals surface area contributed by atoms with Crippen molar-refractivity contribution in [1.29, 1.82) is 10.5 Å². The first-order chi connectivity index (χ1) is 12.7. The Hall–Kier alpha value is -1.67. The smallest absolute Gasteiger partial charge is 0.266 e. The molecule has 0 aromatic carbocycles. The Labute approximate surface area is 187 Å². The topological polar surface area (TPSA) is 93.3 Å². The quantitative estimate of drug-likeness (QED) is 0.426. The van der Waals surface area contributed by atoms with Crippen molar-refractivity contribution in [3.8, 4) is 12.1 Å². The third kappa shape index (κ3) is 6.17. The second kappa shape index (κ2) is 9.22. The summed E-state index contributed by atoms with van der Waals surface area (Å²) in [6, 6.07) is 7.09. The average Bonchev–Trinajstić information content (AvgIpc) is 2.56. The molecule has 0 bridgehead atoms. The van der Waals surface area contributed by atoms with Gasteiger partial charge in [0.2, 0.25) is 0 Å². The van der Waals surface area contributed by atoms with Gasteiger partial charge < -0.3 is 4.98 Å². The first-order valence-corrected chi connectivity index (χ1v) is 10.3. The number of halogens is 3. The zero-order valence-corrected chi connectivity index (χ0v) is 20.5. The largest absolute Gasteiger partial charge is 0.323 e. The van der Waals surface area contributed by atoms with E-state index in [-0.39, 0.29) is 27.1 Å². The van der Waals surface area contributed by atoms with Gasteiger partial charge in [-0.2, -0.15) is 10.5 Å². The minimum Gasteiger partial charge on any atom is -0.323 e. The summed E-state index contributed by atoms with van der Waals surface area (Å²) in [4.78, 5) is 18.3. The summed E-state index contributed by atoms with van der Waals surface area (Å²) in [5, 5.41) is 17.7. The van der Waals surface area contributed by atoms with E-state index >= 15 is 0 Å². The molecule has 0 radical (unpaired) electrons. The molecule has 1 N–H and O–H groups in total. The number of aromatic nitrogens is 2. The number of rotatable bonds is 0. The van der Waals surface area contributed by atoms with Gasteiger partial charge in [0, 0.05) is 25.5 Å². The van der Waals surface area contributed by atoms with Crippen molar-refractivity contribution < 1.29 is 0 Å². The molecule has 28 heavy (non-hydrogen) atoms. The lowest BCUT2D eigenvalue weighted by Gasteiger charge is -2.19. The fourth-order valence-electron chi connectivity index (χ4n) is 2.20. The third-order valence-corrected chi connectivity index (χ3v) is 5.14. The number of aromatic amines is 1. The van der Waals surface area contributed by atoms with Crippen molar-refractivity contribution in [3.05, 3.63) is 59.1 Å². The highest BCUT2D eigenvalue weighted by Crippen LogP contribution is 2.31. The van der Waals surface area contributed by atoms with Gasteiger partial charge in [-0.15, -0.1) is 0 Å². The lowest BCUT2D eigenvalue weighted by molar-refractivity contribution is 0.563.